The van der Waals surface area contributed by atoms with Crippen molar-refractivity contribution >= 4 is 5.91 Å². The summed E-state index contributed by atoms with van der Waals surface area (Å²) in [5, 5.41) is 6.04. The molecule has 2 N–H and O–H groups in total. The molecule has 0 radical (unpaired) electrons. The van der Waals surface area contributed by atoms with E-state index in [0.717, 1.165) is 32.5 Å². The molecule has 1 aliphatic rings. The van der Waals surface area contributed by atoms with Gasteiger partial charge in [0.1, 0.15) is 0 Å². The van der Waals surface area contributed by atoms with Crippen LogP contribution in [0.5, 0.6) is 0 Å². The minimum Gasteiger partial charge on any atom is -0.380 e. The summed E-state index contributed by atoms with van der Waals surface area (Å²) in [7, 11) is 0. The normalized spacial score (nSPS) is 20.2. The first-order valence-electron chi connectivity index (χ1n) is 6.49. The molecular weight excluding hydrogens is 220 g/mol. The summed E-state index contributed by atoms with van der Waals surface area (Å²) in [4.78, 5) is 11.5. The molecule has 1 saturated heterocycles. The lowest BCUT2D eigenvalue weighted by Crippen LogP contribution is -2.41. The Morgan fingerprint density at radius 3 is 3.12 bits per heavy atom. The number of hydrogen-bond donors (Lipinski definition) is 2. The van der Waals surface area contributed by atoms with Crippen LogP contribution >= 0.6 is 0 Å². The first-order valence-corrected chi connectivity index (χ1v) is 6.49. The van der Waals surface area contributed by atoms with E-state index in [-0.39, 0.29) is 12.0 Å². The second-order valence-corrected chi connectivity index (χ2v) is 4.22. The molecule has 0 aromatic rings. The second kappa shape index (κ2) is 9.39. The Morgan fingerprint density at radius 1 is 1.53 bits per heavy atom. The zero-order valence-corrected chi connectivity index (χ0v) is 10.7. The number of ether oxygens (including phenoxy) is 2. The third kappa shape index (κ3) is 7.31. The third-order valence-corrected chi connectivity index (χ3v) is 2.63. The van der Waals surface area contributed by atoms with Crippen LogP contribution in [0.1, 0.15) is 26.2 Å². The Labute approximate surface area is 103 Å². The molecule has 1 unspecified atom stereocenters. The molecular formula is C12H24N2O3. The molecule has 5 heteroatoms. The lowest BCUT2D eigenvalue weighted by Gasteiger charge is -2.23. The first-order chi connectivity index (χ1) is 8.33. The molecule has 0 aromatic carbocycles. The van der Waals surface area contributed by atoms with Gasteiger partial charge in [-0.1, -0.05) is 13.3 Å². The predicted octanol–water partition coefficient (Wildman–Crippen LogP) is 0.298. The van der Waals surface area contributed by atoms with Crippen molar-refractivity contribution in [3.63, 3.8) is 0 Å². The Kier molecular flexibility index (Phi) is 7.96. The van der Waals surface area contributed by atoms with E-state index in [9.17, 15) is 4.79 Å². The van der Waals surface area contributed by atoms with Gasteiger partial charge < -0.3 is 20.1 Å². The minimum absolute atomic E-state index is 0.0183. The summed E-state index contributed by atoms with van der Waals surface area (Å²) in [5.41, 5.74) is 0. The SMILES string of the molecule is CCCCOCCNC(=O)CC1CNCCO1. The van der Waals surface area contributed by atoms with E-state index in [1.54, 1.807) is 0 Å². The lowest BCUT2D eigenvalue weighted by molar-refractivity contribution is -0.124. The summed E-state index contributed by atoms with van der Waals surface area (Å²) < 4.78 is 10.8. The van der Waals surface area contributed by atoms with Crippen LogP contribution in [-0.4, -0.2) is 51.5 Å². The maximum absolute atomic E-state index is 11.5. The molecule has 5 nitrogen and oxygen atoms in total. The van der Waals surface area contributed by atoms with Crippen LogP contribution in [0, 0.1) is 0 Å². The van der Waals surface area contributed by atoms with Gasteiger partial charge >= 0.3 is 0 Å². The van der Waals surface area contributed by atoms with Crippen LogP contribution in [0.2, 0.25) is 0 Å². The Bertz CT molecular complexity index is 206. The quantitative estimate of drug-likeness (QED) is 0.603. The fourth-order valence-corrected chi connectivity index (χ4v) is 1.64. The van der Waals surface area contributed by atoms with Crippen molar-refractivity contribution in [1.82, 2.24) is 10.6 Å². The summed E-state index contributed by atoms with van der Waals surface area (Å²) >= 11 is 0. The van der Waals surface area contributed by atoms with Crippen LogP contribution in [0.4, 0.5) is 0 Å². The van der Waals surface area contributed by atoms with Crippen molar-refractivity contribution in [2.75, 3.05) is 39.5 Å². The average Bonchev–Trinajstić information content (AvgIpc) is 2.35. The Hall–Kier alpha value is -0.650. The summed E-state index contributed by atoms with van der Waals surface area (Å²) in [5.74, 6) is 0.0396. The smallest absolute Gasteiger partial charge is 0.222 e. The van der Waals surface area contributed by atoms with Gasteiger partial charge in [-0.05, 0) is 6.42 Å². The van der Waals surface area contributed by atoms with Crippen molar-refractivity contribution in [3.8, 4) is 0 Å². The molecule has 1 fully saturated rings. The van der Waals surface area contributed by atoms with Gasteiger partial charge in [-0.2, -0.15) is 0 Å². The minimum atomic E-state index is 0.0183. The number of nitrogens with one attached hydrogen (secondary N) is 2. The highest BCUT2D eigenvalue weighted by Crippen LogP contribution is 2.00. The summed E-state index contributed by atoms with van der Waals surface area (Å²) in [6.07, 6.45) is 2.67. The van der Waals surface area contributed by atoms with Gasteiger partial charge in [0.05, 0.1) is 25.7 Å². The molecule has 0 aliphatic carbocycles. The molecule has 17 heavy (non-hydrogen) atoms. The zero-order valence-electron chi connectivity index (χ0n) is 10.7. The fourth-order valence-electron chi connectivity index (χ4n) is 1.64. The molecule has 0 saturated carbocycles. The number of amides is 1. The van der Waals surface area contributed by atoms with Crippen LogP contribution < -0.4 is 10.6 Å². The number of hydrogen-bond acceptors (Lipinski definition) is 4. The zero-order chi connectivity index (χ0) is 12.3. The number of morpholine rings is 1. The van der Waals surface area contributed by atoms with Crippen LogP contribution in [0.25, 0.3) is 0 Å². The fraction of sp³-hybridized carbons (Fsp3) is 0.917. The summed E-state index contributed by atoms with van der Waals surface area (Å²) in [6.45, 7) is 6.42. The summed E-state index contributed by atoms with van der Waals surface area (Å²) in [6, 6.07) is 0. The largest absolute Gasteiger partial charge is 0.380 e. The topological polar surface area (TPSA) is 59.6 Å². The van der Waals surface area contributed by atoms with Crippen LogP contribution in [-0.2, 0) is 14.3 Å². The van der Waals surface area contributed by atoms with Crippen molar-refractivity contribution < 1.29 is 14.3 Å². The predicted molar refractivity (Wildman–Crippen MR) is 66.0 cm³/mol. The molecule has 1 atom stereocenters. The van der Waals surface area contributed by atoms with E-state index in [1.165, 1.54) is 0 Å². The van der Waals surface area contributed by atoms with Gasteiger partial charge in [0.25, 0.3) is 0 Å². The van der Waals surface area contributed by atoms with Crippen molar-refractivity contribution in [2.24, 2.45) is 0 Å². The molecule has 1 amide bonds. The van der Waals surface area contributed by atoms with E-state index in [0.29, 0.717) is 26.2 Å². The van der Waals surface area contributed by atoms with E-state index in [1.807, 2.05) is 0 Å². The monoisotopic (exact) mass is 244 g/mol. The van der Waals surface area contributed by atoms with Gasteiger partial charge in [0.15, 0.2) is 0 Å². The number of rotatable bonds is 8. The highest BCUT2D eigenvalue weighted by Gasteiger charge is 2.16. The highest BCUT2D eigenvalue weighted by molar-refractivity contribution is 5.76. The Balaban J connectivity index is 1.93. The van der Waals surface area contributed by atoms with Gasteiger partial charge in [0.2, 0.25) is 5.91 Å². The third-order valence-electron chi connectivity index (χ3n) is 2.63. The van der Waals surface area contributed by atoms with E-state index in [2.05, 4.69) is 17.6 Å². The second-order valence-electron chi connectivity index (χ2n) is 4.22. The van der Waals surface area contributed by atoms with E-state index < -0.39 is 0 Å². The molecule has 1 heterocycles. The van der Waals surface area contributed by atoms with Gasteiger partial charge in [-0.15, -0.1) is 0 Å². The van der Waals surface area contributed by atoms with Crippen molar-refractivity contribution in [2.45, 2.75) is 32.3 Å². The van der Waals surface area contributed by atoms with Gasteiger partial charge in [0, 0.05) is 26.2 Å². The molecule has 0 aromatic heterocycles. The standard InChI is InChI=1S/C12H24N2O3/c1-2-3-6-16-7-5-14-12(15)9-11-10-13-4-8-17-11/h11,13H,2-10H2,1H3,(H,14,15). The molecule has 1 rings (SSSR count). The number of carbonyl (C=O) groups excluding carboxylic acids is 1. The molecule has 0 spiro atoms. The molecule has 1 aliphatic heterocycles. The average molecular weight is 244 g/mol. The van der Waals surface area contributed by atoms with Crippen molar-refractivity contribution in [1.29, 1.82) is 0 Å². The van der Waals surface area contributed by atoms with Crippen molar-refractivity contribution in [3.05, 3.63) is 0 Å². The number of carbonyl (C=O) groups is 1. The van der Waals surface area contributed by atoms with Crippen LogP contribution in [0.3, 0.4) is 0 Å². The van der Waals surface area contributed by atoms with E-state index in [4.69, 9.17) is 9.47 Å². The van der Waals surface area contributed by atoms with Crippen LogP contribution in [0.15, 0.2) is 0 Å². The van der Waals surface area contributed by atoms with Gasteiger partial charge in [-0.25, -0.2) is 0 Å². The highest BCUT2D eigenvalue weighted by atomic mass is 16.5. The maximum Gasteiger partial charge on any atom is 0.222 e. The lowest BCUT2D eigenvalue weighted by atomic mass is 10.2. The van der Waals surface area contributed by atoms with E-state index >= 15 is 0 Å². The number of unbranched alkanes of at least 4 members (excludes halogenated alkanes) is 1. The molecule has 100 valence electrons. The maximum atomic E-state index is 11.5. The Morgan fingerprint density at radius 2 is 2.41 bits per heavy atom. The first kappa shape index (κ1) is 14.4. The molecule has 0 bridgehead atoms. The van der Waals surface area contributed by atoms with Gasteiger partial charge in [-0.3, -0.25) is 4.79 Å².